The summed E-state index contributed by atoms with van der Waals surface area (Å²) in [4.78, 5) is 20.7. The molecule has 1 fully saturated rings. The molecule has 10 heteroatoms. The maximum atomic E-state index is 13.6. The van der Waals surface area contributed by atoms with Crippen LogP contribution in [0.4, 0.5) is 15.0 Å². The predicted octanol–water partition coefficient (Wildman–Crippen LogP) is 3.80. The number of halogens is 1. The molecule has 0 atom stereocenters. The molecule has 2 N–H and O–H groups in total. The van der Waals surface area contributed by atoms with Gasteiger partial charge in [-0.2, -0.15) is 0 Å². The highest BCUT2D eigenvalue weighted by atomic mass is 19.1. The monoisotopic (exact) mass is 415 g/mol. The number of fused-ring (bicyclic) bond motifs is 1. The van der Waals surface area contributed by atoms with Crippen molar-refractivity contribution in [3.63, 3.8) is 0 Å². The first-order valence-electron chi connectivity index (χ1n) is 9.54. The Balaban J connectivity index is 1.75. The van der Waals surface area contributed by atoms with Gasteiger partial charge >= 0.3 is 6.09 Å². The number of amides is 1. The van der Waals surface area contributed by atoms with Crippen LogP contribution >= 0.6 is 0 Å². The lowest BCUT2D eigenvalue weighted by atomic mass is 9.90. The van der Waals surface area contributed by atoms with E-state index in [0.717, 1.165) is 0 Å². The SMILES string of the molecule is CC(C)(C)OC(=O)Nc1ncnc2c1c(Oc1cccc(F)c1)nn2C1CC(O)C1. The van der Waals surface area contributed by atoms with Crippen molar-refractivity contribution in [2.75, 3.05) is 5.32 Å². The van der Waals surface area contributed by atoms with Crippen LogP contribution in [0.1, 0.15) is 39.7 Å². The summed E-state index contributed by atoms with van der Waals surface area (Å²) in [6.45, 7) is 5.25. The second-order valence-corrected chi connectivity index (χ2v) is 8.14. The van der Waals surface area contributed by atoms with Crippen molar-refractivity contribution in [3.8, 4) is 11.6 Å². The molecule has 9 nitrogen and oxygen atoms in total. The van der Waals surface area contributed by atoms with Gasteiger partial charge in [-0.1, -0.05) is 6.07 Å². The summed E-state index contributed by atoms with van der Waals surface area (Å²) in [5.41, 5.74) is -0.261. The Kier molecular flexibility index (Phi) is 5.02. The highest BCUT2D eigenvalue weighted by molar-refractivity contribution is 5.98. The molecule has 0 radical (unpaired) electrons. The zero-order chi connectivity index (χ0) is 21.5. The number of aliphatic hydroxyl groups is 1. The first-order valence-corrected chi connectivity index (χ1v) is 9.54. The van der Waals surface area contributed by atoms with E-state index in [1.807, 2.05) is 0 Å². The molecule has 30 heavy (non-hydrogen) atoms. The Bertz CT molecular complexity index is 1090. The van der Waals surface area contributed by atoms with E-state index in [0.29, 0.717) is 23.9 Å². The van der Waals surface area contributed by atoms with Gasteiger partial charge in [-0.3, -0.25) is 5.32 Å². The average molecular weight is 415 g/mol. The molecule has 158 valence electrons. The van der Waals surface area contributed by atoms with E-state index in [1.54, 1.807) is 31.5 Å². The van der Waals surface area contributed by atoms with Gasteiger partial charge in [-0.15, -0.1) is 5.10 Å². The number of hydrogen-bond donors (Lipinski definition) is 2. The van der Waals surface area contributed by atoms with Crippen LogP contribution in [-0.4, -0.2) is 42.7 Å². The number of aliphatic hydroxyl groups excluding tert-OH is 1. The second-order valence-electron chi connectivity index (χ2n) is 8.14. The number of ether oxygens (including phenoxy) is 2. The van der Waals surface area contributed by atoms with Crippen molar-refractivity contribution in [3.05, 3.63) is 36.4 Å². The van der Waals surface area contributed by atoms with Crippen molar-refractivity contribution in [1.29, 1.82) is 0 Å². The maximum absolute atomic E-state index is 13.6. The molecule has 2 heterocycles. The fourth-order valence-corrected chi connectivity index (χ4v) is 3.16. The zero-order valence-corrected chi connectivity index (χ0v) is 16.8. The van der Waals surface area contributed by atoms with Crippen LogP contribution in [0.25, 0.3) is 11.0 Å². The van der Waals surface area contributed by atoms with Gasteiger partial charge in [0.15, 0.2) is 11.5 Å². The number of carbonyl (C=O) groups is 1. The standard InChI is InChI=1S/C20H22FN5O4/c1-20(2,3)30-19(28)24-16-15-17(23-10-22-16)26(12-8-13(27)9-12)25-18(15)29-14-6-4-5-11(21)7-14/h4-7,10,12-13,27H,8-9H2,1-3H3,(H,22,23,24,28). The Morgan fingerprint density at radius 3 is 2.73 bits per heavy atom. The largest absolute Gasteiger partial charge is 0.444 e. The first kappa shape index (κ1) is 20.0. The summed E-state index contributed by atoms with van der Waals surface area (Å²) in [5, 5.41) is 17.1. The molecule has 1 aromatic carbocycles. The number of aromatic nitrogens is 4. The Morgan fingerprint density at radius 2 is 2.07 bits per heavy atom. The fraction of sp³-hybridized carbons (Fsp3) is 0.400. The molecule has 1 amide bonds. The van der Waals surface area contributed by atoms with E-state index in [4.69, 9.17) is 9.47 Å². The minimum atomic E-state index is -0.691. The molecule has 0 aliphatic heterocycles. The Labute approximate surface area is 171 Å². The summed E-state index contributed by atoms with van der Waals surface area (Å²) in [7, 11) is 0. The summed E-state index contributed by atoms with van der Waals surface area (Å²) in [6.07, 6.45) is 1.26. The van der Waals surface area contributed by atoms with E-state index < -0.39 is 23.6 Å². The summed E-state index contributed by atoms with van der Waals surface area (Å²) in [5.74, 6) is 0.0550. The molecule has 0 saturated heterocycles. The third-order valence-electron chi connectivity index (χ3n) is 4.52. The number of nitrogens with zero attached hydrogens (tertiary/aromatic N) is 4. The molecule has 1 aliphatic carbocycles. The van der Waals surface area contributed by atoms with E-state index in [2.05, 4.69) is 20.4 Å². The lowest BCUT2D eigenvalue weighted by molar-refractivity contribution is 0.0446. The zero-order valence-electron chi connectivity index (χ0n) is 16.8. The van der Waals surface area contributed by atoms with Crippen LogP contribution in [0.15, 0.2) is 30.6 Å². The molecule has 2 aromatic heterocycles. The summed E-state index contributed by atoms with van der Waals surface area (Å²) in [6, 6.07) is 5.56. The van der Waals surface area contributed by atoms with Crippen LogP contribution in [0.3, 0.4) is 0 Å². The number of carbonyl (C=O) groups excluding carboxylic acids is 1. The number of anilines is 1. The molecule has 1 saturated carbocycles. The van der Waals surface area contributed by atoms with Gasteiger partial charge in [0.1, 0.15) is 28.9 Å². The third kappa shape index (κ3) is 4.18. The van der Waals surface area contributed by atoms with Gasteiger partial charge < -0.3 is 14.6 Å². The van der Waals surface area contributed by atoms with E-state index >= 15 is 0 Å². The lowest BCUT2D eigenvalue weighted by Crippen LogP contribution is -2.31. The van der Waals surface area contributed by atoms with Crippen molar-refractivity contribution in [2.45, 2.75) is 51.4 Å². The minimum Gasteiger partial charge on any atom is -0.444 e. The van der Waals surface area contributed by atoms with E-state index in [-0.39, 0.29) is 23.5 Å². The topological polar surface area (TPSA) is 111 Å². The van der Waals surface area contributed by atoms with Crippen molar-refractivity contribution < 1.29 is 23.8 Å². The molecule has 0 bridgehead atoms. The van der Waals surface area contributed by atoms with Crippen LogP contribution in [-0.2, 0) is 4.74 Å². The first-order chi connectivity index (χ1) is 14.2. The minimum absolute atomic E-state index is 0.0726. The van der Waals surface area contributed by atoms with E-state index in [1.165, 1.54) is 24.5 Å². The molecule has 0 unspecified atom stereocenters. The van der Waals surface area contributed by atoms with Crippen LogP contribution in [0.2, 0.25) is 0 Å². The number of hydrogen-bond acceptors (Lipinski definition) is 7. The van der Waals surface area contributed by atoms with Crippen LogP contribution < -0.4 is 10.1 Å². The van der Waals surface area contributed by atoms with Crippen LogP contribution in [0, 0.1) is 5.82 Å². The van der Waals surface area contributed by atoms with Gasteiger partial charge in [-0.25, -0.2) is 23.8 Å². The summed E-state index contributed by atoms with van der Waals surface area (Å²) >= 11 is 0. The predicted molar refractivity (Wildman–Crippen MR) is 106 cm³/mol. The molecule has 1 aliphatic rings. The van der Waals surface area contributed by atoms with Crippen molar-refractivity contribution >= 4 is 22.9 Å². The van der Waals surface area contributed by atoms with E-state index in [9.17, 15) is 14.3 Å². The maximum Gasteiger partial charge on any atom is 0.413 e. The molecule has 0 spiro atoms. The van der Waals surface area contributed by atoms with Crippen molar-refractivity contribution in [2.24, 2.45) is 0 Å². The average Bonchev–Trinajstić information content (AvgIpc) is 2.96. The fourth-order valence-electron chi connectivity index (χ4n) is 3.16. The normalized spacial score (nSPS) is 18.7. The quantitative estimate of drug-likeness (QED) is 0.667. The smallest absolute Gasteiger partial charge is 0.413 e. The number of rotatable bonds is 4. The van der Waals surface area contributed by atoms with Gasteiger partial charge in [0.05, 0.1) is 12.1 Å². The number of benzene rings is 1. The highest BCUT2D eigenvalue weighted by Gasteiger charge is 2.33. The molecular formula is C20H22FN5O4. The summed E-state index contributed by atoms with van der Waals surface area (Å²) < 4.78 is 26.4. The lowest BCUT2D eigenvalue weighted by Gasteiger charge is -2.31. The van der Waals surface area contributed by atoms with Crippen molar-refractivity contribution in [1.82, 2.24) is 19.7 Å². The van der Waals surface area contributed by atoms with Gasteiger partial charge in [0, 0.05) is 6.07 Å². The van der Waals surface area contributed by atoms with Crippen LogP contribution in [0.5, 0.6) is 11.6 Å². The van der Waals surface area contributed by atoms with Gasteiger partial charge in [0.25, 0.3) is 5.88 Å². The highest BCUT2D eigenvalue weighted by Crippen LogP contribution is 2.39. The second kappa shape index (κ2) is 7.52. The molecule has 3 aromatic rings. The Morgan fingerprint density at radius 1 is 1.30 bits per heavy atom. The van der Waals surface area contributed by atoms with Gasteiger partial charge in [-0.05, 0) is 45.7 Å². The third-order valence-corrected chi connectivity index (χ3v) is 4.52. The molecule has 4 rings (SSSR count). The van der Waals surface area contributed by atoms with Gasteiger partial charge in [0.2, 0.25) is 0 Å². The Hall–Kier alpha value is -3.27. The molecular weight excluding hydrogens is 393 g/mol. The number of nitrogens with one attached hydrogen (secondary N) is 1.